The lowest BCUT2D eigenvalue weighted by atomic mass is 10.1. The molecule has 1 aliphatic heterocycles. The van der Waals surface area contributed by atoms with Gasteiger partial charge in [-0.1, -0.05) is 6.58 Å². The normalized spacial score (nSPS) is 17.4. The highest BCUT2D eigenvalue weighted by atomic mass is 16.2. The van der Waals surface area contributed by atoms with Crippen molar-refractivity contribution in [2.45, 2.75) is 6.92 Å². The molecule has 20 heavy (non-hydrogen) atoms. The Morgan fingerprint density at radius 1 is 1.40 bits per heavy atom. The number of nitrogens with one attached hydrogen (secondary N) is 2. The molecule has 1 fully saturated rings. The van der Waals surface area contributed by atoms with Crippen molar-refractivity contribution in [3.63, 3.8) is 0 Å². The van der Waals surface area contributed by atoms with Crippen LogP contribution in [-0.2, 0) is 0 Å². The topological polar surface area (TPSA) is 82.7 Å². The lowest BCUT2D eigenvalue weighted by Gasteiger charge is -2.27. The summed E-state index contributed by atoms with van der Waals surface area (Å²) < 4.78 is 0. The molecular formula is C14H23N5O. The summed E-state index contributed by atoms with van der Waals surface area (Å²) in [7, 11) is 1.70. The third-order valence-electron chi connectivity index (χ3n) is 3.07. The van der Waals surface area contributed by atoms with Crippen molar-refractivity contribution in [3.8, 4) is 0 Å². The molecule has 6 nitrogen and oxygen atoms in total. The minimum atomic E-state index is -0.125. The number of carbonyl (C=O) groups excluding carboxylic acids is 1. The molecular weight excluding hydrogens is 254 g/mol. The molecule has 0 atom stereocenters. The molecule has 0 spiro atoms. The Morgan fingerprint density at radius 2 is 2.05 bits per heavy atom. The van der Waals surface area contributed by atoms with Gasteiger partial charge in [0.05, 0.1) is 0 Å². The number of nitrogens with two attached hydrogens (primary N) is 1. The molecule has 0 radical (unpaired) electrons. The fraction of sp³-hybridized carbons (Fsp3) is 0.429. The number of carbonyl (C=O) groups is 1. The van der Waals surface area contributed by atoms with Gasteiger partial charge in [0, 0.05) is 56.4 Å². The molecule has 110 valence electrons. The van der Waals surface area contributed by atoms with Crippen LogP contribution in [-0.4, -0.2) is 49.9 Å². The highest BCUT2D eigenvalue weighted by Crippen LogP contribution is 2.02. The first kappa shape index (κ1) is 16.0. The fourth-order valence-corrected chi connectivity index (χ4v) is 1.74. The predicted molar refractivity (Wildman–Crippen MR) is 82.6 cm³/mol. The van der Waals surface area contributed by atoms with E-state index >= 15 is 0 Å². The molecule has 1 aliphatic rings. The Hall–Kier alpha value is -2.08. The minimum absolute atomic E-state index is 0.125. The molecule has 1 saturated heterocycles. The molecule has 0 aliphatic carbocycles. The van der Waals surface area contributed by atoms with Crippen LogP contribution in [0.2, 0.25) is 0 Å². The molecule has 6 heteroatoms. The maximum atomic E-state index is 11.9. The summed E-state index contributed by atoms with van der Waals surface area (Å²) >= 11 is 0. The molecule has 2 amide bonds. The molecule has 0 saturated carbocycles. The first-order valence-corrected chi connectivity index (χ1v) is 6.57. The van der Waals surface area contributed by atoms with Crippen LogP contribution in [0.3, 0.4) is 0 Å². The minimum Gasteiger partial charge on any atom is -0.404 e. The second-order valence-corrected chi connectivity index (χ2v) is 4.46. The van der Waals surface area contributed by atoms with Gasteiger partial charge in [-0.2, -0.15) is 0 Å². The molecule has 1 heterocycles. The number of amides is 2. The maximum Gasteiger partial charge on any atom is 0.321 e. The molecule has 0 bridgehead atoms. The van der Waals surface area contributed by atoms with Crippen LogP contribution >= 0.6 is 0 Å². The number of hydrogen-bond acceptors (Lipinski definition) is 4. The maximum absolute atomic E-state index is 11.9. The molecule has 1 rings (SSSR count). The van der Waals surface area contributed by atoms with Crippen molar-refractivity contribution in [1.29, 1.82) is 0 Å². The average molecular weight is 277 g/mol. The number of hydrogen-bond donors (Lipinski definition) is 3. The van der Waals surface area contributed by atoms with E-state index in [0.29, 0.717) is 18.8 Å². The zero-order valence-electron chi connectivity index (χ0n) is 12.1. The fourth-order valence-electron chi connectivity index (χ4n) is 1.74. The molecule has 0 aromatic rings. The number of aliphatic imine (C=N–C) groups is 1. The van der Waals surface area contributed by atoms with Gasteiger partial charge in [-0.25, -0.2) is 4.79 Å². The molecule has 0 unspecified atom stereocenters. The number of rotatable bonds is 4. The van der Waals surface area contributed by atoms with E-state index in [4.69, 9.17) is 5.73 Å². The average Bonchev–Trinajstić information content (AvgIpc) is 2.48. The summed E-state index contributed by atoms with van der Waals surface area (Å²) in [6.07, 6.45) is 4.97. The van der Waals surface area contributed by atoms with E-state index in [1.54, 1.807) is 24.1 Å². The summed E-state index contributed by atoms with van der Waals surface area (Å²) in [4.78, 5) is 17.8. The standard InChI is InChI=1S/C14H23N5O/c1-11(4-5-13(10-15)12(2)16-3)18-14(20)19-8-6-17-7-9-19/h4-5,10,17H,1,6-9,15H2,2-3H3,(H,18,20)/b5-4-,13-10?,16-12?. The molecule has 0 aromatic carbocycles. The van der Waals surface area contributed by atoms with E-state index < -0.39 is 0 Å². The van der Waals surface area contributed by atoms with Crippen molar-refractivity contribution >= 4 is 11.7 Å². The van der Waals surface area contributed by atoms with Crippen LogP contribution in [0.15, 0.2) is 41.2 Å². The van der Waals surface area contributed by atoms with Gasteiger partial charge in [-0.3, -0.25) is 4.99 Å². The Kier molecular flexibility index (Phi) is 6.52. The van der Waals surface area contributed by atoms with E-state index in [2.05, 4.69) is 22.2 Å². The third kappa shape index (κ3) is 4.89. The van der Waals surface area contributed by atoms with Crippen LogP contribution < -0.4 is 16.4 Å². The largest absolute Gasteiger partial charge is 0.404 e. The Bertz CT molecular complexity index is 444. The summed E-state index contributed by atoms with van der Waals surface area (Å²) in [6.45, 7) is 8.73. The number of allylic oxidation sites excluding steroid dienone is 3. The van der Waals surface area contributed by atoms with Gasteiger partial charge in [-0.15, -0.1) is 0 Å². The number of piperazine rings is 1. The van der Waals surface area contributed by atoms with E-state index in [0.717, 1.165) is 24.4 Å². The Morgan fingerprint density at radius 3 is 2.60 bits per heavy atom. The second-order valence-electron chi connectivity index (χ2n) is 4.46. The van der Waals surface area contributed by atoms with Crippen molar-refractivity contribution < 1.29 is 4.79 Å². The van der Waals surface area contributed by atoms with Crippen LogP contribution in [0.1, 0.15) is 6.92 Å². The van der Waals surface area contributed by atoms with Gasteiger partial charge in [0.25, 0.3) is 0 Å². The predicted octanol–water partition coefficient (Wildman–Crippen LogP) is 0.604. The zero-order valence-corrected chi connectivity index (χ0v) is 12.1. The van der Waals surface area contributed by atoms with Gasteiger partial charge >= 0.3 is 6.03 Å². The van der Waals surface area contributed by atoms with Crippen LogP contribution in [0.25, 0.3) is 0 Å². The van der Waals surface area contributed by atoms with E-state index in [1.807, 2.05) is 6.92 Å². The quantitative estimate of drug-likeness (QED) is 0.520. The smallest absolute Gasteiger partial charge is 0.321 e. The van der Waals surface area contributed by atoms with Crippen LogP contribution in [0, 0.1) is 0 Å². The summed E-state index contributed by atoms with van der Waals surface area (Å²) in [5.41, 5.74) is 7.67. The zero-order chi connectivity index (χ0) is 15.0. The van der Waals surface area contributed by atoms with Gasteiger partial charge in [0.2, 0.25) is 0 Å². The van der Waals surface area contributed by atoms with Gasteiger partial charge < -0.3 is 21.3 Å². The molecule has 0 aromatic heterocycles. The monoisotopic (exact) mass is 277 g/mol. The Labute approximate surface area is 120 Å². The van der Waals surface area contributed by atoms with Crippen LogP contribution in [0.5, 0.6) is 0 Å². The Balaban J connectivity index is 2.52. The van der Waals surface area contributed by atoms with Crippen molar-refractivity contribution in [1.82, 2.24) is 15.5 Å². The van der Waals surface area contributed by atoms with Gasteiger partial charge in [-0.05, 0) is 19.1 Å². The van der Waals surface area contributed by atoms with Crippen LogP contribution in [0.4, 0.5) is 4.79 Å². The first-order valence-electron chi connectivity index (χ1n) is 6.57. The first-order chi connectivity index (χ1) is 9.58. The van der Waals surface area contributed by atoms with E-state index in [9.17, 15) is 4.79 Å². The van der Waals surface area contributed by atoms with Crippen molar-refractivity contribution in [2.24, 2.45) is 10.7 Å². The third-order valence-corrected chi connectivity index (χ3v) is 3.07. The lowest BCUT2D eigenvalue weighted by molar-refractivity contribution is 0.193. The highest BCUT2D eigenvalue weighted by Gasteiger charge is 2.15. The van der Waals surface area contributed by atoms with Gasteiger partial charge in [0.1, 0.15) is 0 Å². The molecule has 4 N–H and O–H groups in total. The second kappa shape index (κ2) is 8.16. The number of urea groups is 1. The number of nitrogens with zero attached hydrogens (tertiary/aromatic N) is 2. The summed E-state index contributed by atoms with van der Waals surface area (Å²) in [6, 6.07) is -0.125. The SMILES string of the molecule is C=C(/C=C\C(=CN)C(C)=NC)NC(=O)N1CCNCC1. The highest BCUT2D eigenvalue weighted by molar-refractivity contribution is 6.00. The summed E-state index contributed by atoms with van der Waals surface area (Å²) in [5, 5.41) is 5.95. The van der Waals surface area contributed by atoms with E-state index in [1.165, 1.54) is 6.20 Å². The van der Waals surface area contributed by atoms with Crippen molar-refractivity contribution in [3.05, 3.63) is 36.2 Å². The van der Waals surface area contributed by atoms with Crippen molar-refractivity contribution in [2.75, 3.05) is 33.2 Å². The van der Waals surface area contributed by atoms with E-state index in [-0.39, 0.29) is 6.03 Å². The van der Waals surface area contributed by atoms with Gasteiger partial charge in [0.15, 0.2) is 0 Å². The summed E-state index contributed by atoms with van der Waals surface area (Å²) in [5.74, 6) is 0. The lowest BCUT2D eigenvalue weighted by Crippen LogP contribution is -2.49.